The first kappa shape index (κ1) is 17.3. The summed E-state index contributed by atoms with van der Waals surface area (Å²) in [5, 5.41) is 6.38. The number of nitrogens with one attached hydrogen (secondary N) is 2. The Morgan fingerprint density at radius 3 is 2.86 bits per heavy atom. The van der Waals surface area contributed by atoms with Crippen LogP contribution >= 0.6 is 47.2 Å². The lowest BCUT2D eigenvalue weighted by Crippen LogP contribution is -2.36. The second kappa shape index (κ2) is 8.01. The summed E-state index contributed by atoms with van der Waals surface area (Å²) < 4.78 is 5.19. The Morgan fingerprint density at radius 2 is 2.23 bits per heavy atom. The third kappa shape index (κ3) is 5.01. The number of thioether (sulfide) groups is 1. The average Bonchev–Trinajstić information content (AvgIpc) is 2.85. The maximum Gasteiger partial charge on any atom is 0.328 e. The molecule has 1 saturated heterocycles. The summed E-state index contributed by atoms with van der Waals surface area (Å²) in [6, 6.07) is 4.38. The molecule has 0 radical (unpaired) electrons. The lowest BCUT2D eigenvalue weighted by atomic mass is 10.3. The zero-order valence-corrected chi connectivity index (χ0v) is 14.4. The van der Waals surface area contributed by atoms with Gasteiger partial charge in [-0.3, -0.25) is 4.79 Å². The van der Waals surface area contributed by atoms with Gasteiger partial charge in [0.2, 0.25) is 5.91 Å². The van der Waals surface area contributed by atoms with E-state index in [1.54, 1.807) is 18.2 Å². The molecule has 1 amide bonds. The van der Waals surface area contributed by atoms with Gasteiger partial charge in [-0.2, -0.15) is 0 Å². The Labute approximate surface area is 147 Å². The Hall–Kier alpha value is -1.02. The molecule has 9 heteroatoms. The smallest absolute Gasteiger partial charge is 0.328 e. The number of rotatable bonds is 4. The van der Waals surface area contributed by atoms with Gasteiger partial charge in [0.25, 0.3) is 0 Å². The Bertz CT molecular complexity index is 613. The highest BCUT2D eigenvalue weighted by Crippen LogP contribution is 2.25. The van der Waals surface area contributed by atoms with Crippen LogP contribution in [-0.2, 0) is 14.3 Å². The Balaban J connectivity index is 1.77. The second-order valence-corrected chi connectivity index (χ2v) is 6.90. The van der Waals surface area contributed by atoms with E-state index in [9.17, 15) is 9.59 Å². The van der Waals surface area contributed by atoms with Gasteiger partial charge in [0.05, 0.1) is 23.1 Å². The molecule has 0 unspecified atom stereocenters. The van der Waals surface area contributed by atoms with E-state index in [0.717, 1.165) is 11.8 Å². The normalized spacial score (nSPS) is 17.0. The maximum atomic E-state index is 11.9. The fourth-order valence-corrected chi connectivity index (χ4v) is 3.05. The number of hydrogen-bond donors (Lipinski definition) is 2. The van der Waals surface area contributed by atoms with Gasteiger partial charge in [0, 0.05) is 11.4 Å². The van der Waals surface area contributed by atoms with Crippen molar-refractivity contribution >= 4 is 69.1 Å². The van der Waals surface area contributed by atoms with Crippen LogP contribution in [0.4, 0.5) is 5.69 Å². The highest BCUT2D eigenvalue weighted by molar-refractivity contribution is 8.23. The van der Waals surface area contributed by atoms with Crippen LogP contribution in [0, 0.1) is 0 Å². The molecule has 1 fully saturated rings. The molecule has 22 heavy (non-hydrogen) atoms. The lowest BCUT2D eigenvalue weighted by Gasteiger charge is -2.11. The molecule has 0 saturated carbocycles. The van der Waals surface area contributed by atoms with Crippen LogP contribution < -0.4 is 10.6 Å². The van der Waals surface area contributed by atoms with E-state index in [4.69, 9.17) is 40.2 Å². The third-order valence-corrected chi connectivity index (χ3v) is 4.57. The van der Waals surface area contributed by atoms with Crippen molar-refractivity contribution in [3.63, 3.8) is 0 Å². The van der Waals surface area contributed by atoms with E-state index < -0.39 is 6.04 Å². The lowest BCUT2D eigenvalue weighted by molar-refractivity contribution is -0.139. The number of cyclic esters (lactones) is 1. The van der Waals surface area contributed by atoms with Gasteiger partial charge < -0.3 is 15.4 Å². The van der Waals surface area contributed by atoms with Crippen molar-refractivity contribution in [1.82, 2.24) is 5.32 Å². The molecule has 1 aliphatic heterocycles. The number of halogens is 2. The highest BCUT2D eigenvalue weighted by atomic mass is 35.5. The SMILES string of the molecule is O=C(CSC(=S)N[C@H]1CCOC1=O)Nc1ccc(Cl)cc1Cl. The van der Waals surface area contributed by atoms with E-state index in [0.29, 0.717) is 33.1 Å². The summed E-state index contributed by atoms with van der Waals surface area (Å²) in [6.45, 7) is 0.388. The maximum absolute atomic E-state index is 11.9. The first-order valence-corrected chi connectivity index (χ1v) is 8.45. The zero-order valence-electron chi connectivity index (χ0n) is 11.2. The Kier molecular flexibility index (Phi) is 6.31. The third-order valence-electron chi connectivity index (χ3n) is 2.77. The van der Waals surface area contributed by atoms with Crippen LogP contribution in [0.5, 0.6) is 0 Å². The topological polar surface area (TPSA) is 67.4 Å². The van der Waals surface area contributed by atoms with Gasteiger partial charge in [0.1, 0.15) is 10.4 Å². The predicted molar refractivity (Wildman–Crippen MR) is 92.6 cm³/mol. The van der Waals surface area contributed by atoms with Crippen LogP contribution in [0.15, 0.2) is 18.2 Å². The molecule has 1 aromatic rings. The number of ether oxygens (including phenoxy) is 1. The molecule has 0 aliphatic carbocycles. The summed E-state index contributed by atoms with van der Waals surface area (Å²) in [5.74, 6) is -0.472. The predicted octanol–water partition coefficient (Wildman–Crippen LogP) is 2.86. The monoisotopic (exact) mass is 378 g/mol. The van der Waals surface area contributed by atoms with Crippen LogP contribution in [-0.4, -0.2) is 34.6 Å². The molecule has 2 rings (SSSR count). The number of esters is 1. The number of benzene rings is 1. The van der Waals surface area contributed by atoms with Crippen LogP contribution in [0.25, 0.3) is 0 Å². The van der Waals surface area contributed by atoms with Gasteiger partial charge in [-0.15, -0.1) is 0 Å². The van der Waals surface area contributed by atoms with Crippen molar-refractivity contribution in [2.75, 3.05) is 17.7 Å². The average molecular weight is 379 g/mol. The molecule has 0 aromatic heterocycles. The second-order valence-electron chi connectivity index (χ2n) is 4.40. The van der Waals surface area contributed by atoms with Crippen molar-refractivity contribution in [2.24, 2.45) is 0 Å². The van der Waals surface area contributed by atoms with E-state index in [1.165, 1.54) is 0 Å². The van der Waals surface area contributed by atoms with E-state index in [2.05, 4.69) is 10.6 Å². The fraction of sp³-hybridized carbons (Fsp3) is 0.308. The Morgan fingerprint density at radius 1 is 1.45 bits per heavy atom. The minimum Gasteiger partial charge on any atom is -0.464 e. The summed E-state index contributed by atoms with van der Waals surface area (Å²) in [7, 11) is 0. The van der Waals surface area contributed by atoms with Crippen molar-refractivity contribution < 1.29 is 14.3 Å². The molecule has 118 valence electrons. The minimum absolute atomic E-state index is 0.104. The van der Waals surface area contributed by atoms with Gasteiger partial charge in [0.15, 0.2) is 0 Å². The molecule has 1 heterocycles. The summed E-state index contributed by atoms with van der Waals surface area (Å²) in [6.07, 6.45) is 0.576. The van der Waals surface area contributed by atoms with E-state index >= 15 is 0 Å². The molecular weight excluding hydrogens is 367 g/mol. The summed E-state index contributed by atoms with van der Waals surface area (Å²) in [5.41, 5.74) is 0.481. The number of hydrogen-bond acceptors (Lipinski definition) is 5. The van der Waals surface area contributed by atoms with E-state index in [-0.39, 0.29) is 17.6 Å². The molecule has 5 nitrogen and oxygen atoms in total. The zero-order chi connectivity index (χ0) is 16.1. The van der Waals surface area contributed by atoms with Crippen molar-refractivity contribution in [1.29, 1.82) is 0 Å². The van der Waals surface area contributed by atoms with Crippen molar-refractivity contribution in [3.05, 3.63) is 28.2 Å². The number of amides is 1. The number of carbonyl (C=O) groups excluding carboxylic acids is 2. The number of anilines is 1. The van der Waals surface area contributed by atoms with Gasteiger partial charge >= 0.3 is 5.97 Å². The van der Waals surface area contributed by atoms with Crippen molar-refractivity contribution in [3.8, 4) is 0 Å². The molecule has 2 N–H and O–H groups in total. The first-order chi connectivity index (χ1) is 10.5. The summed E-state index contributed by atoms with van der Waals surface area (Å²) in [4.78, 5) is 23.1. The van der Waals surface area contributed by atoms with Crippen LogP contribution in [0.1, 0.15) is 6.42 Å². The minimum atomic E-state index is -0.422. The van der Waals surface area contributed by atoms with Gasteiger partial charge in [-0.25, -0.2) is 4.79 Å². The van der Waals surface area contributed by atoms with E-state index in [1.807, 2.05) is 0 Å². The molecule has 1 aliphatic rings. The fourth-order valence-electron chi connectivity index (χ4n) is 1.72. The summed E-state index contributed by atoms with van der Waals surface area (Å²) >= 11 is 18.0. The standard InChI is InChI=1S/C13H12Cl2N2O3S2/c14-7-1-2-9(8(15)5-7)16-11(18)6-22-13(21)17-10-3-4-20-12(10)19/h1-2,5,10H,3-4,6H2,(H,16,18)(H,17,21)/t10-/m0/s1. The largest absolute Gasteiger partial charge is 0.464 e. The van der Waals surface area contributed by atoms with Crippen LogP contribution in [0.2, 0.25) is 10.0 Å². The van der Waals surface area contributed by atoms with Crippen LogP contribution in [0.3, 0.4) is 0 Å². The van der Waals surface area contributed by atoms with Gasteiger partial charge in [-0.05, 0) is 18.2 Å². The first-order valence-electron chi connectivity index (χ1n) is 6.30. The quantitative estimate of drug-likeness (QED) is 0.620. The molecule has 1 aromatic carbocycles. The highest BCUT2D eigenvalue weighted by Gasteiger charge is 2.27. The van der Waals surface area contributed by atoms with Gasteiger partial charge in [-0.1, -0.05) is 47.2 Å². The molecule has 0 bridgehead atoms. The number of thiocarbonyl (C=S) groups is 1. The number of carbonyl (C=O) groups is 2. The molecule has 1 atom stereocenters. The molecular formula is C13H12Cl2N2O3S2. The van der Waals surface area contributed by atoms with Crippen molar-refractivity contribution in [2.45, 2.75) is 12.5 Å². The molecule has 0 spiro atoms.